The number of anilines is 2. The van der Waals surface area contributed by atoms with Crippen LogP contribution in [0.2, 0.25) is 0 Å². The summed E-state index contributed by atoms with van der Waals surface area (Å²) in [5.74, 6) is -2.07. The fraction of sp³-hybridized carbons (Fsp3) is 0.438. The molecule has 0 aliphatic carbocycles. The maximum atomic E-state index is 12.5. The molecular formula is C16H23N5O3. The fourth-order valence-electron chi connectivity index (χ4n) is 2.69. The number of amides is 3. The molecule has 130 valence electrons. The van der Waals surface area contributed by atoms with Crippen LogP contribution in [0.1, 0.15) is 6.92 Å². The van der Waals surface area contributed by atoms with Gasteiger partial charge in [-0.2, -0.15) is 0 Å². The van der Waals surface area contributed by atoms with E-state index >= 15 is 0 Å². The van der Waals surface area contributed by atoms with Crippen molar-refractivity contribution in [2.45, 2.75) is 6.92 Å². The molecule has 0 spiro atoms. The second-order valence-corrected chi connectivity index (χ2v) is 5.68. The van der Waals surface area contributed by atoms with Gasteiger partial charge < -0.3 is 16.4 Å². The molecule has 0 saturated carbocycles. The van der Waals surface area contributed by atoms with E-state index in [2.05, 4.69) is 4.90 Å². The van der Waals surface area contributed by atoms with E-state index < -0.39 is 17.7 Å². The van der Waals surface area contributed by atoms with Crippen molar-refractivity contribution in [2.75, 3.05) is 49.9 Å². The minimum atomic E-state index is -0.861. The number of hydrogen-bond acceptors (Lipinski definition) is 6. The van der Waals surface area contributed by atoms with Gasteiger partial charge in [-0.25, -0.2) is 4.90 Å². The topological polar surface area (TPSA) is 113 Å². The number of nitrogens with two attached hydrogens (primary N) is 2. The Morgan fingerprint density at radius 3 is 2.38 bits per heavy atom. The van der Waals surface area contributed by atoms with Crippen molar-refractivity contribution >= 4 is 29.1 Å². The van der Waals surface area contributed by atoms with E-state index in [1.54, 1.807) is 18.2 Å². The average molecular weight is 333 g/mol. The van der Waals surface area contributed by atoms with Crippen LogP contribution >= 0.6 is 0 Å². The number of carbonyl (C=O) groups is 3. The predicted molar refractivity (Wildman–Crippen MR) is 91.1 cm³/mol. The Balaban J connectivity index is 2.10. The van der Waals surface area contributed by atoms with Gasteiger partial charge in [-0.15, -0.1) is 0 Å². The highest BCUT2D eigenvalue weighted by Crippen LogP contribution is 2.19. The summed E-state index contributed by atoms with van der Waals surface area (Å²) in [4.78, 5) is 41.4. The number of hydrogen-bond donors (Lipinski definition) is 2. The van der Waals surface area contributed by atoms with Crippen molar-refractivity contribution in [3.8, 4) is 0 Å². The van der Waals surface area contributed by atoms with Crippen molar-refractivity contribution in [1.82, 2.24) is 9.80 Å². The normalized spacial score (nSPS) is 15.2. The molecule has 0 aromatic heterocycles. The van der Waals surface area contributed by atoms with E-state index in [-0.39, 0.29) is 0 Å². The first-order chi connectivity index (χ1) is 11.4. The number of nitrogen functional groups attached to an aromatic ring is 1. The molecule has 1 heterocycles. The van der Waals surface area contributed by atoms with E-state index in [0.29, 0.717) is 44.1 Å². The van der Waals surface area contributed by atoms with Gasteiger partial charge in [0, 0.05) is 51.9 Å². The van der Waals surface area contributed by atoms with Crippen molar-refractivity contribution in [3.05, 3.63) is 24.3 Å². The average Bonchev–Trinajstić information content (AvgIpc) is 2.55. The minimum Gasteiger partial charge on any atom is -0.399 e. The first-order valence-electron chi connectivity index (χ1n) is 7.86. The monoisotopic (exact) mass is 333 g/mol. The van der Waals surface area contributed by atoms with Crippen LogP contribution in [0.25, 0.3) is 0 Å². The molecule has 0 radical (unpaired) electrons. The summed E-state index contributed by atoms with van der Waals surface area (Å²) < 4.78 is 0. The molecule has 1 aromatic carbocycles. The number of nitrogens with zero attached hydrogens (tertiary/aromatic N) is 3. The number of carbonyl (C=O) groups excluding carboxylic acids is 3. The zero-order valence-electron chi connectivity index (χ0n) is 13.8. The zero-order chi connectivity index (χ0) is 17.7. The Hall–Kier alpha value is -2.45. The van der Waals surface area contributed by atoms with E-state index in [1.165, 1.54) is 17.9 Å². The van der Waals surface area contributed by atoms with E-state index in [1.807, 2.05) is 0 Å². The molecule has 3 amide bonds. The number of imide groups is 1. The van der Waals surface area contributed by atoms with Crippen LogP contribution in [-0.2, 0) is 14.4 Å². The maximum Gasteiger partial charge on any atom is 0.323 e. The second kappa shape index (κ2) is 7.89. The quantitative estimate of drug-likeness (QED) is 0.556. The van der Waals surface area contributed by atoms with Gasteiger partial charge in [0.25, 0.3) is 0 Å². The lowest BCUT2D eigenvalue weighted by Crippen LogP contribution is -2.54. The number of benzene rings is 1. The van der Waals surface area contributed by atoms with Crippen molar-refractivity contribution < 1.29 is 14.4 Å². The first kappa shape index (κ1) is 17.9. The molecule has 1 aromatic rings. The summed E-state index contributed by atoms with van der Waals surface area (Å²) in [6.07, 6.45) is 0. The molecule has 1 fully saturated rings. The Morgan fingerprint density at radius 2 is 1.83 bits per heavy atom. The molecule has 1 saturated heterocycles. The molecule has 0 bridgehead atoms. The van der Waals surface area contributed by atoms with Crippen LogP contribution in [-0.4, -0.2) is 66.8 Å². The molecule has 4 N–H and O–H groups in total. The lowest BCUT2D eigenvalue weighted by molar-refractivity contribution is -0.146. The summed E-state index contributed by atoms with van der Waals surface area (Å²) in [6.45, 7) is 4.76. The SMILES string of the molecule is CC(=O)N(C(=O)C(=O)N1CCN(CCN)CC1)c1cccc(N)c1. The highest BCUT2D eigenvalue weighted by molar-refractivity contribution is 6.45. The van der Waals surface area contributed by atoms with Gasteiger partial charge in [0.05, 0.1) is 5.69 Å². The Labute approximate surface area is 141 Å². The summed E-state index contributed by atoms with van der Waals surface area (Å²) in [5.41, 5.74) is 11.9. The summed E-state index contributed by atoms with van der Waals surface area (Å²) in [7, 11) is 0. The number of piperazine rings is 1. The van der Waals surface area contributed by atoms with Gasteiger partial charge in [0.2, 0.25) is 5.91 Å². The van der Waals surface area contributed by atoms with Crippen molar-refractivity contribution in [3.63, 3.8) is 0 Å². The van der Waals surface area contributed by atoms with E-state index in [0.717, 1.165) is 11.4 Å². The van der Waals surface area contributed by atoms with E-state index in [9.17, 15) is 14.4 Å². The summed E-state index contributed by atoms with van der Waals surface area (Å²) in [6, 6.07) is 6.34. The van der Waals surface area contributed by atoms with Gasteiger partial charge in [0.1, 0.15) is 0 Å². The van der Waals surface area contributed by atoms with Gasteiger partial charge in [-0.05, 0) is 18.2 Å². The zero-order valence-corrected chi connectivity index (χ0v) is 13.8. The molecule has 1 aliphatic heterocycles. The molecule has 24 heavy (non-hydrogen) atoms. The molecule has 0 unspecified atom stereocenters. The van der Waals surface area contributed by atoms with Crippen LogP contribution in [0.4, 0.5) is 11.4 Å². The van der Waals surface area contributed by atoms with Gasteiger partial charge in [0.15, 0.2) is 0 Å². The summed E-state index contributed by atoms with van der Waals surface area (Å²) >= 11 is 0. The third-order valence-corrected chi connectivity index (χ3v) is 3.93. The van der Waals surface area contributed by atoms with Gasteiger partial charge >= 0.3 is 11.8 Å². The maximum absolute atomic E-state index is 12.5. The first-order valence-corrected chi connectivity index (χ1v) is 7.86. The lowest BCUT2D eigenvalue weighted by atomic mass is 10.2. The molecule has 2 rings (SSSR count). The third-order valence-electron chi connectivity index (χ3n) is 3.93. The lowest BCUT2D eigenvalue weighted by Gasteiger charge is -2.34. The highest BCUT2D eigenvalue weighted by Gasteiger charge is 2.32. The second-order valence-electron chi connectivity index (χ2n) is 5.68. The molecule has 8 nitrogen and oxygen atoms in total. The van der Waals surface area contributed by atoms with Crippen LogP contribution < -0.4 is 16.4 Å². The Kier molecular flexibility index (Phi) is 5.88. The smallest absolute Gasteiger partial charge is 0.323 e. The highest BCUT2D eigenvalue weighted by atomic mass is 16.2. The van der Waals surface area contributed by atoms with Crippen molar-refractivity contribution in [2.24, 2.45) is 5.73 Å². The molecule has 0 atom stereocenters. The van der Waals surface area contributed by atoms with Crippen LogP contribution in [0.5, 0.6) is 0 Å². The fourth-order valence-corrected chi connectivity index (χ4v) is 2.69. The Bertz CT molecular complexity index is 626. The third kappa shape index (κ3) is 4.09. The van der Waals surface area contributed by atoms with Crippen LogP contribution in [0.3, 0.4) is 0 Å². The van der Waals surface area contributed by atoms with Gasteiger partial charge in [-0.3, -0.25) is 19.3 Å². The Morgan fingerprint density at radius 1 is 1.17 bits per heavy atom. The predicted octanol–water partition coefficient (Wildman–Crippen LogP) is -0.749. The molecular weight excluding hydrogens is 310 g/mol. The van der Waals surface area contributed by atoms with Crippen LogP contribution in [0, 0.1) is 0 Å². The molecule has 8 heteroatoms. The van der Waals surface area contributed by atoms with Crippen molar-refractivity contribution in [1.29, 1.82) is 0 Å². The van der Waals surface area contributed by atoms with Crippen LogP contribution in [0.15, 0.2) is 24.3 Å². The number of rotatable bonds is 3. The molecule has 1 aliphatic rings. The summed E-state index contributed by atoms with van der Waals surface area (Å²) in [5, 5.41) is 0. The largest absolute Gasteiger partial charge is 0.399 e. The minimum absolute atomic E-state index is 0.294. The standard InChI is InChI=1S/C16H23N5O3/c1-12(22)21(14-4-2-3-13(18)11-14)16(24)15(23)20-9-7-19(6-5-17)8-10-20/h2-4,11H,5-10,17-18H2,1H3. The van der Waals surface area contributed by atoms with Gasteiger partial charge in [-0.1, -0.05) is 6.07 Å². The van der Waals surface area contributed by atoms with E-state index in [4.69, 9.17) is 11.5 Å².